The van der Waals surface area contributed by atoms with Gasteiger partial charge in [0.15, 0.2) is 0 Å². The molecule has 0 radical (unpaired) electrons. The molecule has 0 aliphatic rings. The molecule has 100 valence electrons. The van der Waals surface area contributed by atoms with E-state index in [0.717, 1.165) is 10.5 Å². The lowest BCUT2D eigenvalue weighted by Crippen LogP contribution is -2.22. The third-order valence-corrected chi connectivity index (χ3v) is 4.47. The van der Waals surface area contributed by atoms with Crippen molar-refractivity contribution in [3.8, 4) is 0 Å². The second-order valence-electron chi connectivity index (χ2n) is 4.41. The summed E-state index contributed by atoms with van der Waals surface area (Å²) < 4.78 is 13.2. The Morgan fingerprint density at radius 1 is 1.16 bits per heavy atom. The molecule has 0 heterocycles. The van der Waals surface area contributed by atoms with Crippen LogP contribution in [0.3, 0.4) is 0 Å². The van der Waals surface area contributed by atoms with Crippen LogP contribution in [0.4, 0.5) is 4.39 Å². The zero-order valence-corrected chi connectivity index (χ0v) is 12.1. The van der Waals surface area contributed by atoms with Crippen molar-refractivity contribution in [2.75, 3.05) is 0 Å². The van der Waals surface area contributed by atoms with Gasteiger partial charge in [-0.15, -0.1) is 11.8 Å². The van der Waals surface area contributed by atoms with Crippen LogP contribution in [0.2, 0.25) is 5.02 Å². The van der Waals surface area contributed by atoms with Crippen LogP contribution < -0.4 is 5.73 Å². The van der Waals surface area contributed by atoms with E-state index in [0.29, 0.717) is 5.02 Å². The maximum Gasteiger partial charge on any atom is 0.124 e. The number of rotatable bonds is 4. The highest BCUT2D eigenvalue weighted by Crippen LogP contribution is 2.37. The molecule has 0 aliphatic carbocycles. The molecule has 0 fully saturated rings. The van der Waals surface area contributed by atoms with E-state index in [-0.39, 0.29) is 17.1 Å². The number of hydrogen-bond acceptors (Lipinski definition) is 2. The molecule has 1 nitrogen and oxygen atoms in total. The molecule has 2 aromatic rings. The first-order valence-electron chi connectivity index (χ1n) is 5.99. The molecule has 4 heteroatoms. The Morgan fingerprint density at radius 2 is 1.84 bits per heavy atom. The average Bonchev–Trinajstić information content (AvgIpc) is 2.37. The first kappa shape index (κ1) is 14.4. The van der Waals surface area contributed by atoms with Crippen molar-refractivity contribution in [1.29, 1.82) is 0 Å². The zero-order chi connectivity index (χ0) is 13.8. The van der Waals surface area contributed by atoms with Gasteiger partial charge in [-0.2, -0.15) is 0 Å². The predicted molar refractivity (Wildman–Crippen MR) is 80.1 cm³/mol. The molecule has 19 heavy (non-hydrogen) atoms. The van der Waals surface area contributed by atoms with Gasteiger partial charge in [0.1, 0.15) is 5.82 Å². The lowest BCUT2D eigenvalue weighted by Gasteiger charge is -2.21. The molecule has 0 aliphatic heterocycles. The minimum absolute atomic E-state index is 0.0468. The molecule has 2 rings (SSSR count). The standard InChI is InChI=1S/C15H15ClFNS/c1-10(18)15(11-5-7-12(16)8-6-11)19-14-4-2-3-13(17)9-14/h2-10,15H,18H2,1H3. The van der Waals surface area contributed by atoms with Crippen molar-refractivity contribution in [3.05, 3.63) is 64.9 Å². The van der Waals surface area contributed by atoms with Gasteiger partial charge in [0.25, 0.3) is 0 Å². The monoisotopic (exact) mass is 295 g/mol. The van der Waals surface area contributed by atoms with Crippen molar-refractivity contribution in [2.45, 2.75) is 23.1 Å². The maximum atomic E-state index is 13.2. The van der Waals surface area contributed by atoms with Gasteiger partial charge in [-0.05, 0) is 42.8 Å². The van der Waals surface area contributed by atoms with Gasteiger partial charge in [-0.25, -0.2) is 4.39 Å². The van der Waals surface area contributed by atoms with E-state index < -0.39 is 0 Å². The van der Waals surface area contributed by atoms with Crippen LogP contribution in [0.15, 0.2) is 53.4 Å². The first-order chi connectivity index (χ1) is 9.06. The van der Waals surface area contributed by atoms with Crippen LogP contribution >= 0.6 is 23.4 Å². The molecular weight excluding hydrogens is 281 g/mol. The van der Waals surface area contributed by atoms with Crippen LogP contribution in [0, 0.1) is 5.82 Å². The summed E-state index contributed by atoms with van der Waals surface area (Å²) in [5, 5.41) is 0.766. The lowest BCUT2D eigenvalue weighted by molar-refractivity contribution is 0.624. The molecule has 0 amide bonds. The topological polar surface area (TPSA) is 26.0 Å². The molecule has 2 unspecified atom stereocenters. The van der Waals surface area contributed by atoms with Crippen LogP contribution in [0.1, 0.15) is 17.7 Å². The molecule has 2 N–H and O–H groups in total. The number of halogens is 2. The number of nitrogens with two attached hydrogens (primary N) is 1. The van der Waals surface area contributed by atoms with Crippen molar-refractivity contribution in [2.24, 2.45) is 5.73 Å². The summed E-state index contributed by atoms with van der Waals surface area (Å²) in [6.45, 7) is 1.95. The van der Waals surface area contributed by atoms with Crippen LogP contribution in [-0.2, 0) is 0 Å². The van der Waals surface area contributed by atoms with Gasteiger partial charge in [-0.3, -0.25) is 0 Å². The van der Waals surface area contributed by atoms with Crippen molar-refractivity contribution >= 4 is 23.4 Å². The fourth-order valence-corrected chi connectivity index (χ4v) is 3.08. The van der Waals surface area contributed by atoms with E-state index in [4.69, 9.17) is 17.3 Å². The predicted octanol–water partition coefficient (Wildman–Crippen LogP) is 4.66. The summed E-state index contributed by atoms with van der Waals surface area (Å²) in [5.74, 6) is -0.232. The summed E-state index contributed by atoms with van der Waals surface area (Å²) in [4.78, 5) is 0.872. The maximum absolute atomic E-state index is 13.2. The third-order valence-electron chi connectivity index (χ3n) is 2.74. The highest BCUT2D eigenvalue weighted by molar-refractivity contribution is 7.99. The summed E-state index contributed by atoms with van der Waals surface area (Å²) >= 11 is 7.45. The molecular formula is C15H15ClFNS. The minimum Gasteiger partial charge on any atom is -0.327 e. The fourth-order valence-electron chi connectivity index (χ4n) is 1.82. The number of thioether (sulfide) groups is 1. The first-order valence-corrected chi connectivity index (χ1v) is 7.25. The Balaban J connectivity index is 2.23. The van der Waals surface area contributed by atoms with E-state index in [9.17, 15) is 4.39 Å². The van der Waals surface area contributed by atoms with Gasteiger partial charge < -0.3 is 5.73 Å². The molecule has 0 saturated carbocycles. The molecule has 2 aromatic carbocycles. The average molecular weight is 296 g/mol. The minimum atomic E-state index is -0.232. The Kier molecular flexibility index (Phi) is 4.86. The van der Waals surface area contributed by atoms with Crippen molar-refractivity contribution < 1.29 is 4.39 Å². The number of benzene rings is 2. The summed E-state index contributed by atoms with van der Waals surface area (Å²) in [6, 6.07) is 14.1. The highest BCUT2D eigenvalue weighted by atomic mass is 35.5. The van der Waals surface area contributed by atoms with E-state index in [1.807, 2.05) is 37.3 Å². The van der Waals surface area contributed by atoms with Gasteiger partial charge in [-0.1, -0.05) is 29.8 Å². The fraction of sp³-hybridized carbons (Fsp3) is 0.200. The molecule has 0 saturated heterocycles. The largest absolute Gasteiger partial charge is 0.327 e. The van der Waals surface area contributed by atoms with E-state index in [2.05, 4.69) is 0 Å². The smallest absolute Gasteiger partial charge is 0.124 e. The SMILES string of the molecule is CC(N)C(Sc1cccc(F)c1)c1ccc(Cl)cc1. The van der Waals surface area contributed by atoms with E-state index in [1.54, 1.807) is 17.8 Å². The quantitative estimate of drug-likeness (QED) is 0.830. The zero-order valence-electron chi connectivity index (χ0n) is 10.5. The molecule has 0 aromatic heterocycles. The van der Waals surface area contributed by atoms with Gasteiger partial charge in [0.05, 0.1) is 0 Å². The van der Waals surface area contributed by atoms with E-state index in [1.165, 1.54) is 12.1 Å². The second-order valence-corrected chi connectivity index (χ2v) is 6.06. The third kappa shape index (κ3) is 3.96. The Bertz CT molecular complexity index is 542. The Hall–Kier alpha value is -1.03. The van der Waals surface area contributed by atoms with Crippen molar-refractivity contribution in [3.63, 3.8) is 0 Å². The van der Waals surface area contributed by atoms with Crippen LogP contribution in [0.5, 0.6) is 0 Å². The Morgan fingerprint density at radius 3 is 2.42 bits per heavy atom. The van der Waals surface area contributed by atoms with Crippen LogP contribution in [0.25, 0.3) is 0 Å². The highest BCUT2D eigenvalue weighted by Gasteiger charge is 2.17. The summed E-state index contributed by atoms with van der Waals surface area (Å²) in [5.41, 5.74) is 7.14. The Labute approximate surface area is 122 Å². The van der Waals surface area contributed by atoms with Crippen LogP contribution in [-0.4, -0.2) is 6.04 Å². The molecule has 2 atom stereocenters. The van der Waals surface area contributed by atoms with E-state index >= 15 is 0 Å². The molecule has 0 spiro atoms. The lowest BCUT2D eigenvalue weighted by atomic mass is 10.1. The normalized spacial score (nSPS) is 14.1. The van der Waals surface area contributed by atoms with Gasteiger partial charge in [0, 0.05) is 21.2 Å². The van der Waals surface area contributed by atoms with Gasteiger partial charge >= 0.3 is 0 Å². The molecule has 0 bridgehead atoms. The number of hydrogen-bond donors (Lipinski definition) is 1. The van der Waals surface area contributed by atoms with Crippen molar-refractivity contribution in [1.82, 2.24) is 0 Å². The van der Waals surface area contributed by atoms with Gasteiger partial charge in [0.2, 0.25) is 0 Å². The second kappa shape index (κ2) is 6.42. The summed E-state index contributed by atoms with van der Waals surface area (Å²) in [6.07, 6.45) is 0. The summed E-state index contributed by atoms with van der Waals surface area (Å²) in [7, 11) is 0.